The first-order valence-corrected chi connectivity index (χ1v) is 11.7. The van der Waals surface area contributed by atoms with E-state index in [1.807, 2.05) is 0 Å². The van der Waals surface area contributed by atoms with E-state index in [2.05, 4.69) is 25.4 Å². The molecule has 0 aromatic heterocycles. The highest BCUT2D eigenvalue weighted by atomic mass is 19.4. The monoisotopic (exact) mass is 599 g/mol. The molecule has 0 aliphatic carbocycles. The fraction of sp³-hybridized carbons (Fsp3) is 0.111. The van der Waals surface area contributed by atoms with Crippen molar-refractivity contribution in [2.75, 3.05) is 30.2 Å². The maximum absolute atomic E-state index is 14.1. The maximum Gasteiger partial charge on any atom is 0.417 e. The van der Waals surface area contributed by atoms with Crippen molar-refractivity contribution in [2.45, 2.75) is 6.18 Å². The first-order chi connectivity index (χ1) is 20.2. The molecule has 0 fully saturated rings. The second kappa shape index (κ2) is 12.6. The molecule has 0 atom stereocenters. The summed E-state index contributed by atoms with van der Waals surface area (Å²) in [6.07, 6.45) is -7.19. The van der Waals surface area contributed by atoms with Gasteiger partial charge in [-0.2, -0.15) is 18.4 Å². The average molecular weight is 599 g/mol. The van der Waals surface area contributed by atoms with Crippen LogP contribution in [0.2, 0.25) is 0 Å². The number of carbonyl (C=O) groups is 4. The lowest BCUT2D eigenvalue weighted by Crippen LogP contribution is -2.24. The molecule has 6 N–H and O–H groups in total. The molecular weight excluding hydrogens is 579 g/mol. The van der Waals surface area contributed by atoms with E-state index in [9.17, 15) is 42.6 Å². The number of halogens is 3. The standard InChI is InChI=1S/C27H20F3N5O8/c1-42-25(40)33-13-4-5-14(18(8-13)27(28,29)30)15-10-21(36)17(9-20(15)35-26(41)43-2)22(32)23(37)34-19-6-3-12(11-31)7-16(19)24(38)39/h3-10,32,36H,1-2H3,(H,33,40)(H,34,37)(H,35,41)(H,38,39). The number of carbonyl (C=O) groups excluding carboxylic acids is 3. The van der Waals surface area contributed by atoms with Gasteiger partial charge in [0.1, 0.15) is 11.5 Å². The Kier molecular flexibility index (Phi) is 9.20. The normalized spacial score (nSPS) is 10.6. The summed E-state index contributed by atoms with van der Waals surface area (Å²) in [6, 6.07) is 9.29. The predicted molar refractivity (Wildman–Crippen MR) is 144 cm³/mol. The Morgan fingerprint density at radius 1 is 0.860 bits per heavy atom. The predicted octanol–water partition coefficient (Wildman–Crippen LogP) is 5.01. The Balaban J connectivity index is 2.12. The smallest absolute Gasteiger partial charge is 0.417 e. The number of nitrogens with zero attached hydrogens (tertiary/aromatic N) is 1. The fourth-order valence-corrected chi connectivity index (χ4v) is 3.74. The molecule has 3 rings (SSSR count). The van der Waals surface area contributed by atoms with E-state index >= 15 is 0 Å². The number of amides is 3. The van der Waals surface area contributed by atoms with Crippen LogP contribution in [0.4, 0.5) is 39.8 Å². The van der Waals surface area contributed by atoms with Crippen LogP contribution in [0.1, 0.15) is 27.0 Å². The van der Waals surface area contributed by atoms with Gasteiger partial charge < -0.3 is 25.0 Å². The van der Waals surface area contributed by atoms with Crippen molar-refractivity contribution in [1.29, 1.82) is 10.7 Å². The molecule has 0 heterocycles. The van der Waals surface area contributed by atoms with Crippen molar-refractivity contribution in [3.63, 3.8) is 0 Å². The topological polar surface area (TPSA) is 211 Å². The molecule has 3 aromatic rings. The minimum absolute atomic E-state index is 0.0235. The van der Waals surface area contributed by atoms with Crippen LogP contribution < -0.4 is 16.0 Å². The Morgan fingerprint density at radius 3 is 2.09 bits per heavy atom. The summed E-state index contributed by atoms with van der Waals surface area (Å²) in [6.45, 7) is 0. The van der Waals surface area contributed by atoms with Crippen LogP contribution in [0.25, 0.3) is 11.1 Å². The molecule has 0 saturated heterocycles. The summed E-state index contributed by atoms with van der Waals surface area (Å²) in [4.78, 5) is 48.0. The summed E-state index contributed by atoms with van der Waals surface area (Å²) in [5, 5.41) is 43.9. The number of aromatic hydroxyl groups is 1. The highest BCUT2D eigenvalue weighted by molar-refractivity contribution is 6.48. The lowest BCUT2D eigenvalue weighted by atomic mass is 9.94. The number of carboxylic acids is 1. The Hall–Kier alpha value is -6.11. The second-order valence-electron chi connectivity index (χ2n) is 8.41. The van der Waals surface area contributed by atoms with Crippen LogP contribution in [0, 0.1) is 16.7 Å². The zero-order valence-corrected chi connectivity index (χ0v) is 22.0. The fourth-order valence-electron chi connectivity index (χ4n) is 3.74. The number of anilines is 3. The van der Waals surface area contributed by atoms with Crippen LogP contribution in [-0.2, 0) is 20.4 Å². The summed E-state index contributed by atoms with van der Waals surface area (Å²) < 4.78 is 51.2. The Labute approximate surface area is 240 Å². The molecule has 16 heteroatoms. The van der Waals surface area contributed by atoms with Crippen molar-refractivity contribution in [1.82, 2.24) is 0 Å². The number of rotatable bonds is 7. The van der Waals surface area contributed by atoms with Crippen molar-refractivity contribution < 1.29 is 52.0 Å². The van der Waals surface area contributed by atoms with Gasteiger partial charge >= 0.3 is 24.3 Å². The van der Waals surface area contributed by atoms with E-state index < -0.39 is 75.2 Å². The second-order valence-corrected chi connectivity index (χ2v) is 8.41. The van der Waals surface area contributed by atoms with Gasteiger partial charge in [-0.3, -0.25) is 20.8 Å². The number of nitrogens with one attached hydrogen (secondary N) is 4. The van der Waals surface area contributed by atoms with Gasteiger partial charge in [0.15, 0.2) is 0 Å². The number of hydrogen-bond donors (Lipinski definition) is 6. The number of phenols is 1. The van der Waals surface area contributed by atoms with Gasteiger partial charge in [-0.1, -0.05) is 6.07 Å². The van der Waals surface area contributed by atoms with Gasteiger partial charge in [-0.05, 0) is 48.0 Å². The van der Waals surface area contributed by atoms with Crippen molar-refractivity contribution in [2.24, 2.45) is 0 Å². The van der Waals surface area contributed by atoms with Gasteiger partial charge in [-0.25, -0.2) is 14.4 Å². The first-order valence-electron chi connectivity index (χ1n) is 11.7. The van der Waals surface area contributed by atoms with Crippen LogP contribution in [0.5, 0.6) is 5.75 Å². The lowest BCUT2D eigenvalue weighted by molar-refractivity contribution is -0.137. The van der Waals surface area contributed by atoms with Gasteiger partial charge in [0.05, 0.1) is 48.4 Å². The van der Waals surface area contributed by atoms with Gasteiger partial charge in [0.25, 0.3) is 5.91 Å². The third-order valence-corrected chi connectivity index (χ3v) is 5.73. The van der Waals surface area contributed by atoms with E-state index in [0.29, 0.717) is 6.07 Å². The SMILES string of the molecule is COC(=O)Nc1ccc(-c2cc(O)c(C(=N)C(=O)Nc3ccc(C#N)cc3C(=O)O)cc2NC(=O)OC)c(C(F)(F)F)c1. The lowest BCUT2D eigenvalue weighted by Gasteiger charge is -2.19. The molecule has 0 aliphatic rings. The molecular formula is C27H20F3N5O8. The third-order valence-electron chi connectivity index (χ3n) is 5.73. The zero-order chi connectivity index (χ0) is 32.1. The minimum atomic E-state index is -5.00. The molecule has 0 bridgehead atoms. The number of carboxylic acid groups (broad SMARTS) is 1. The number of nitriles is 1. The summed E-state index contributed by atoms with van der Waals surface area (Å²) >= 11 is 0. The van der Waals surface area contributed by atoms with Crippen molar-refractivity contribution in [3.8, 4) is 22.9 Å². The number of alkyl halides is 3. The van der Waals surface area contributed by atoms with Gasteiger partial charge in [0.2, 0.25) is 0 Å². The molecule has 0 aliphatic heterocycles. The quantitative estimate of drug-likeness (QED) is 0.159. The summed E-state index contributed by atoms with van der Waals surface area (Å²) in [7, 11) is 1.98. The van der Waals surface area contributed by atoms with Crippen molar-refractivity contribution >= 4 is 46.8 Å². The number of methoxy groups -OCH3 is 2. The molecule has 0 saturated carbocycles. The maximum atomic E-state index is 14.1. The van der Waals surface area contributed by atoms with Crippen LogP contribution in [0.15, 0.2) is 48.5 Å². The first kappa shape index (κ1) is 31.4. The van der Waals surface area contributed by atoms with E-state index in [0.717, 1.165) is 50.6 Å². The molecule has 222 valence electrons. The van der Waals surface area contributed by atoms with Gasteiger partial charge in [0, 0.05) is 16.8 Å². The Bertz CT molecular complexity index is 1700. The van der Waals surface area contributed by atoms with Crippen LogP contribution >= 0.6 is 0 Å². The summed E-state index contributed by atoms with van der Waals surface area (Å²) in [5.74, 6) is -3.59. The van der Waals surface area contributed by atoms with E-state index in [1.165, 1.54) is 6.07 Å². The molecule has 0 unspecified atom stereocenters. The number of hydrogen-bond acceptors (Lipinski definition) is 9. The van der Waals surface area contributed by atoms with E-state index in [-0.39, 0.29) is 16.9 Å². The van der Waals surface area contributed by atoms with E-state index in [1.54, 1.807) is 6.07 Å². The molecule has 3 amide bonds. The number of phenolic OH excluding ortho intramolecular Hbond substituents is 1. The zero-order valence-electron chi connectivity index (χ0n) is 22.0. The highest BCUT2D eigenvalue weighted by Crippen LogP contribution is 2.43. The van der Waals surface area contributed by atoms with Gasteiger partial charge in [-0.15, -0.1) is 0 Å². The minimum Gasteiger partial charge on any atom is -0.507 e. The molecule has 3 aromatic carbocycles. The summed E-state index contributed by atoms with van der Waals surface area (Å²) in [5.41, 5.74) is -5.29. The third kappa shape index (κ3) is 7.16. The number of benzene rings is 3. The highest BCUT2D eigenvalue weighted by Gasteiger charge is 2.35. The average Bonchev–Trinajstić information content (AvgIpc) is 2.96. The van der Waals surface area contributed by atoms with Crippen LogP contribution in [-0.4, -0.2) is 54.2 Å². The molecule has 0 radical (unpaired) electrons. The molecule has 43 heavy (non-hydrogen) atoms. The van der Waals surface area contributed by atoms with Crippen molar-refractivity contribution in [3.05, 3.63) is 70.8 Å². The number of ether oxygens (including phenoxy) is 2. The molecule has 13 nitrogen and oxygen atoms in total. The van der Waals surface area contributed by atoms with E-state index in [4.69, 9.17) is 10.7 Å². The number of aromatic carboxylic acids is 1. The van der Waals surface area contributed by atoms with Crippen LogP contribution in [0.3, 0.4) is 0 Å². The Morgan fingerprint density at radius 2 is 1.51 bits per heavy atom. The largest absolute Gasteiger partial charge is 0.507 e. The molecule has 0 spiro atoms.